The summed E-state index contributed by atoms with van der Waals surface area (Å²) < 4.78 is 4.53. The van der Waals surface area contributed by atoms with E-state index in [0.717, 1.165) is 64.4 Å². The lowest BCUT2D eigenvalue weighted by atomic mass is 9.47. The fourth-order valence-corrected chi connectivity index (χ4v) is 7.31. The van der Waals surface area contributed by atoms with Gasteiger partial charge in [0.05, 0.1) is 6.10 Å². The lowest BCUT2D eigenvalue weighted by Gasteiger charge is -2.57. The van der Waals surface area contributed by atoms with Crippen LogP contribution in [0.1, 0.15) is 72.1 Å². The van der Waals surface area contributed by atoms with Crippen molar-refractivity contribution in [2.24, 2.45) is 34.5 Å². The first-order valence-corrected chi connectivity index (χ1v) is 12.2. The lowest BCUT2D eigenvalue weighted by Crippen LogP contribution is -2.50. The summed E-state index contributed by atoms with van der Waals surface area (Å²) in [5.41, 5.74) is 2.11. The minimum Gasteiger partial charge on any atom is -0.471 e. The van der Waals surface area contributed by atoms with Crippen molar-refractivity contribution >= 4 is 26.8 Å². The van der Waals surface area contributed by atoms with E-state index in [1.54, 1.807) is 5.57 Å². The number of carbonyl (C=O) groups is 1. The summed E-state index contributed by atoms with van der Waals surface area (Å²) in [4.78, 5) is 12.2. The van der Waals surface area contributed by atoms with Crippen LogP contribution >= 0.6 is 0 Å². The van der Waals surface area contributed by atoms with E-state index in [1.807, 2.05) is 6.92 Å². The quantitative estimate of drug-likeness (QED) is 0.547. The van der Waals surface area contributed by atoms with Crippen LogP contribution in [0.3, 0.4) is 0 Å². The van der Waals surface area contributed by atoms with Gasteiger partial charge in [-0.1, -0.05) is 25.5 Å². The molecule has 3 fully saturated rings. The van der Waals surface area contributed by atoms with Gasteiger partial charge < -0.3 is 9.22 Å². The van der Waals surface area contributed by atoms with Crippen LogP contribution in [0.5, 0.6) is 0 Å². The van der Waals surface area contributed by atoms with Crippen LogP contribution in [0.15, 0.2) is 11.6 Å². The number of aliphatic hydroxyl groups is 1. The normalized spacial score (nSPS) is 47.1. The number of aliphatic hydroxyl groups excluding tert-OH is 1. The number of allylic oxidation sites excluding steroid dienone is 1. The molecule has 4 aliphatic carbocycles. The molecule has 0 aliphatic heterocycles. The number of fused-ring (bicyclic) bond motifs is 5. The summed E-state index contributed by atoms with van der Waals surface area (Å²) in [5, 5.41) is 10.1. The van der Waals surface area contributed by atoms with Gasteiger partial charge in [0.2, 0.25) is 0 Å². The Labute approximate surface area is 165 Å². The molecule has 0 bridgehead atoms. The fourth-order valence-electron chi connectivity index (χ4n) is 7.31. The Balaban J connectivity index is 0.000000613. The molecule has 0 spiro atoms. The molecule has 5 heteroatoms. The minimum atomic E-state index is -0.117. The topological polar surface area (TPSA) is 46.5 Å². The zero-order valence-corrected chi connectivity index (χ0v) is 21.4. The van der Waals surface area contributed by atoms with Crippen molar-refractivity contribution in [1.82, 2.24) is 0 Å². The van der Waals surface area contributed by atoms with E-state index in [2.05, 4.69) is 24.0 Å². The van der Waals surface area contributed by atoms with Crippen LogP contribution < -0.4 is 0 Å². The molecule has 3 nitrogen and oxygen atoms in total. The summed E-state index contributed by atoms with van der Waals surface area (Å²) in [6.07, 6.45) is 11.5. The van der Waals surface area contributed by atoms with Crippen LogP contribution in [0, 0.1) is 34.5 Å². The molecule has 0 heterocycles. The highest BCUT2D eigenvalue weighted by molar-refractivity contribution is 6.15. The number of Topliss-reactive ketones (excluding diaryl/α,β-unsaturated/α-hetero) is 1. The van der Waals surface area contributed by atoms with Gasteiger partial charge in [-0.3, -0.25) is 4.79 Å². The summed E-state index contributed by atoms with van der Waals surface area (Å²) in [6.45, 7) is 6.70. The van der Waals surface area contributed by atoms with E-state index < -0.39 is 0 Å². The Hall–Kier alpha value is -0.236. The Morgan fingerprint density at radius 3 is 2.50 bits per heavy atom. The van der Waals surface area contributed by atoms with Crippen molar-refractivity contribution < 1.29 is 14.0 Å². The van der Waals surface area contributed by atoms with E-state index in [9.17, 15) is 9.90 Å². The second kappa shape index (κ2) is 7.65. The smallest absolute Gasteiger partial charge is 0.133 e. The van der Waals surface area contributed by atoms with Gasteiger partial charge in [-0.2, -0.15) is 0 Å². The highest BCUT2D eigenvalue weighted by Gasteiger charge is 2.59. The van der Waals surface area contributed by atoms with Crippen molar-refractivity contribution in [1.29, 1.82) is 0 Å². The Morgan fingerprint density at radius 2 is 1.85 bits per heavy atom. The van der Waals surface area contributed by atoms with Crippen molar-refractivity contribution in [2.75, 3.05) is 0 Å². The fraction of sp³-hybridized carbons (Fsp3) is 0.857. The van der Waals surface area contributed by atoms with E-state index in [-0.39, 0.29) is 11.5 Å². The summed E-state index contributed by atoms with van der Waals surface area (Å²) in [6, 6.07) is 0. The van der Waals surface area contributed by atoms with Crippen molar-refractivity contribution in [3.05, 3.63) is 11.6 Å². The average molecular weight is 395 g/mol. The average Bonchev–Trinajstić information content (AvgIpc) is 2.93. The van der Waals surface area contributed by atoms with Crippen molar-refractivity contribution in [3.8, 4) is 0 Å². The maximum absolute atomic E-state index is 12.2. The molecule has 0 aromatic rings. The summed E-state index contributed by atoms with van der Waals surface area (Å²) in [5.74, 6) is 3.00. The number of rotatable bonds is 1. The molecule has 0 amide bonds. The second-order valence-corrected chi connectivity index (χ2v) is 13.1. The van der Waals surface area contributed by atoms with Crippen LogP contribution in [0.4, 0.5) is 0 Å². The van der Waals surface area contributed by atoms with Gasteiger partial charge in [-0.05, 0) is 86.9 Å². The number of ketones is 1. The molecule has 4 rings (SSSR count). The maximum Gasteiger partial charge on any atom is 0.133 e. The Bertz CT molecular complexity index is 578. The molecule has 0 aromatic heterocycles. The SMILES string of the molecule is CC(=O)[C@H]1CC[C@H]2[C@@H]3CC=C4C[C@@H](O)CC[C@]4(C)[C@H]3CC[C@]12C.[SiH3]O[SiH3]. The van der Waals surface area contributed by atoms with Gasteiger partial charge in [0.25, 0.3) is 0 Å². The standard InChI is InChI=1S/C21H32O2.H6OSi2/c1-13(22)17-6-7-18-16-5-4-14-12-15(23)8-10-20(14,2)19(16)9-11-21(17,18)3;2-1-3/h4,15-19,23H,5-12H2,1-3H3;2-3H3/t15-,16-,17+,18-,19-,20-,21+;/m0./s1. The Kier molecular flexibility index (Phi) is 6.03. The third-order valence-corrected chi connectivity index (χ3v) is 8.57. The van der Waals surface area contributed by atoms with Gasteiger partial charge in [-0.15, -0.1) is 0 Å². The second-order valence-electron chi connectivity index (χ2n) is 9.85. The lowest BCUT2D eigenvalue weighted by molar-refractivity contribution is -0.127. The monoisotopic (exact) mass is 394 g/mol. The number of carbonyl (C=O) groups excluding carboxylic acids is 1. The van der Waals surface area contributed by atoms with E-state index in [4.69, 9.17) is 0 Å². The first kappa shape index (κ1) is 20.5. The molecule has 1 N–H and O–H groups in total. The van der Waals surface area contributed by atoms with Crippen molar-refractivity contribution in [3.63, 3.8) is 0 Å². The predicted octanol–water partition coefficient (Wildman–Crippen LogP) is 2.08. The zero-order chi connectivity index (χ0) is 19.1. The number of hydrogen-bond acceptors (Lipinski definition) is 3. The predicted molar refractivity (Wildman–Crippen MR) is 113 cm³/mol. The van der Waals surface area contributed by atoms with E-state index in [0.29, 0.717) is 17.1 Å². The largest absolute Gasteiger partial charge is 0.471 e. The molecular weight excluding hydrogens is 356 g/mol. The van der Waals surface area contributed by atoms with Crippen molar-refractivity contribution in [2.45, 2.75) is 78.2 Å². The van der Waals surface area contributed by atoms with E-state index >= 15 is 0 Å². The van der Waals surface area contributed by atoms with Gasteiger partial charge in [0.15, 0.2) is 0 Å². The minimum absolute atomic E-state index is 0.117. The van der Waals surface area contributed by atoms with Crippen LogP contribution in [-0.4, -0.2) is 38.0 Å². The molecule has 0 unspecified atom stereocenters. The molecule has 3 saturated carbocycles. The Morgan fingerprint density at radius 1 is 1.15 bits per heavy atom. The molecule has 0 radical (unpaired) electrons. The molecular formula is C21H38O3Si2. The molecule has 148 valence electrons. The van der Waals surface area contributed by atoms with Gasteiger partial charge in [-0.25, -0.2) is 0 Å². The third kappa shape index (κ3) is 3.23. The number of hydrogen-bond donors (Lipinski definition) is 1. The summed E-state index contributed by atoms with van der Waals surface area (Å²) in [7, 11) is 1.86. The van der Waals surface area contributed by atoms with Gasteiger partial charge in [0.1, 0.15) is 26.8 Å². The third-order valence-electron chi connectivity index (χ3n) is 8.57. The first-order valence-electron chi connectivity index (χ1n) is 10.6. The molecule has 0 aromatic carbocycles. The molecule has 26 heavy (non-hydrogen) atoms. The van der Waals surface area contributed by atoms with Gasteiger partial charge in [0, 0.05) is 5.92 Å². The summed E-state index contributed by atoms with van der Waals surface area (Å²) >= 11 is 0. The van der Waals surface area contributed by atoms with Crippen LogP contribution in [0.25, 0.3) is 0 Å². The molecule has 7 atom stereocenters. The highest BCUT2D eigenvalue weighted by atomic mass is 28.3. The molecule has 0 saturated heterocycles. The molecule has 4 aliphatic rings. The zero-order valence-electron chi connectivity index (χ0n) is 17.4. The van der Waals surface area contributed by atoms with Crippen LogP contribution in [-0.2, 0) is 8.91 Å². The van der Waals surface area contributed by atoms with Crippen LogP contribution in [0.2, 0.25) is 0 Å². The van der Waals surface area contributed by atoms with Gasteiger partial charge >= 0.3 is 0 Å². The highest BCUT2D eigenvalue weighted by Crippen LogP contribution is 2.66. The maximum atomic E-state index is 12.2. The van der Waals surface area contributed by atoms with E-state index in [1.165, 1.54) is 25.7 Å². The first-order chi connectivity index (χ1) is 12.3.